The van der Waals surface area contributed by atoms with E-state index < -0.39 is 4.92 Å². The molecule has 0 unspecified atom stereocenters. The Balaban J connectivity index is 2.17. The number of amides is 1. The van der Waals surface area contributed by atoms with Crippen LogP contribution in [0.15, 0.2) is 33.4 Å². The summed E-state index contributed by atoms with van der Waals surface area (Å²) in [4.78, 5) is 24.3. The van der Waals surface area contributed by atoms with Crippen molar-refractivity contribution in [3.05, 3.63) is 60.2 Å². The van der Waals surface area contributed by atoms with Crippen LogP contribution in [-0.2, 0) is 6.54 Å². The highest BCUT2D eigenvalue weighted by Gasteiger charge is 2.17. The van der Waals surface area contributed by atoms with E-state index in [0.29, 0.717) is 17.7 Å². The minimum absolute atomic E-state index is 0.00605. The lowest BCUT2D eigenvalue weighted by molar-refractivity contribution is -0.384. The van der Waals surface area contributed by atoms with Gasteiger partial charge in [0, 0.05) is 31.3 Å². The molecule has 2 aromatic rings. The molecule has 0 aliphatic heterocycles. The number of nitrogens with zero attached hydrogens (tertiary/aromatic N) is 2. The molecule has 0 atom stereocenters. The van der Waals surface area contributed by atoms with E-state index in [-0.39, 0.29) is 11.6 Å². The minimum Gasteiger partial charge on any atom is -0.337 e. The Morgan fingerprint density at radius 2 is 2.14 bits per heavy atom. The van der Waals surface area contributed by atoms with Crippen LogP contribution in [0.4, 0.5) is 5.69 Å². The zero-order valence-electron chi connectivity index (χ0n) is 11.5. The maximum absolute atomic E-state index is 12.4. The van der Waals surface area contributed by atoms with Gasteiger partial charge in [0.2, 0.25) is 0 Å². The van der Waals surface area contributed by atoms with Crippen LogP contribution < -0.4 is 0 Å². The SMILES string of the molecule is Cc1cc([N+](=O)[O-])ccc1C(=O)N(C)Cc1csc(Br)c1. The van der Waals surface area contributed by atoms with E-state index in [1.807, 2.05) is 11.4 Å². The number of halogens is 1. The summed E-state index contributed by atoms with van der Waals surface area (Å²) in [5, 5.41) is 12.7. The molecule has 0 saturated heterocycles. The number of benzene rings is 1. The predicted octanol–water partition coefficient (Wildman–Crippen LogP) is 4.00. The van der Waals surface area contributed by atoms with Gasteiger partial charge in [-0.15, -0.1) is 11.3 Å². The first-order chi connectivity index (χ1) is 9.88. The van der Waals surface area contributed by atoms with Crippen LogP contribution in [0.1, 0.15) is 21.5 Å². The smallest absolute Gasteiger partial charge is 0.269 e. The highest BCUT2D eigenvalue weighted by Crippen LogP contribution is 2.23. The molecule has 0 saturated carbocycles. The van der Waals surface area contributed by atoms with Gasteiger partial charge in [0.1, 0.15) is 0 Å². The van der Waals surface area contributed by atoms with Crippen molar-refractivity contribution in [1.29, 1.82) is 0 Å². The molecule has 0 aliphatic carbocycles. The Hall–Kier alpha value is -1.73. The molecule has 110 valence electrons. The number of hydrogen-bond acceptors (Lipinski definition) is 4. The molecule has 1 aromatic heterocycles. The number of rotatable bonds is 4. The zero-order chi connectivity index (χ0) is 15.6. The van der Waals surface area contributed by atoms with Crippen LogP contribution in [0, 0.1) is 17.0 Å². The Bertz CT molecular complexity index is 699. The van der Waals surface area contributed by atoms with Gasteiger partial charge in [-0.25, -0.2) is 0 Å². The van der Waals surface area contributed by atoms with Crippen molar-refractivity contribution < 1.29 is 9.72 Å². The lowest BCUT2D eigenvalue weighted by Gasteiger charge is -2.17. The number of nitro benzene ring substituents is 1. The van der Waals surface area contributed by atoms with E-state index in [9.17, 15) is 14.9 Å². The average molecular weight is 369 g/mol. The lowest BCUT2D eigenvalue weighted by atomic mass is 10.1. The summed E-state index contributed by atoms with van der Waals surface area (Å²) < 4.78 is 1.02. The fraction of sp³-hybridized carbons (Fsp3) is 0.214. The summed E-state index contributed by atoms with van der Waals surface area (Å²) in [5.41, 5.74) is 2.13. The number of carbonyl (C=O) groups is 1. The van der Waals surface area contributed by atoms with E-state index in [1.54, 1.807) is 30.2 Å². The van der Waals surface area contributed by atoms with E-state index >= 15 is 0 Å². The Labute approximate surface area is 134 Å². The molecule has 2 rings (SSSR count). The topological polar surface area (TPSA) is 63.5 Å². The monoisotopic (exact) mass is 368 g/mol. The molecule has 0 N–H and O–H groups in total. The summed E-state index contributed by atoms with van der Waals surface area (Å²) in [7, 11) is 1.72. The maximum atomic E-state index is 12.4. The number of thiophene rings is 1. The van der Waals surface area contributed by atoms with Gasteiger partial charge in [-0.3, -0.25) is 14.9 Å². The van der Waals surface area contributed by atoms with Gasteiger partial charge < -0.3 is 4.90 Å². The number of carbonyl (C=O) groups excluding carboxylic acids is 1. The molecule has 0 aliphatic rings. The van der Waals surface area contributed by atoms with Crippen LogP contribution in [0.3, 0.4) is 0 Å². The highest BCUT2D eigenvalue weighted by molar-refractivity contribution is 9.11. The number of aryl methyl sites for hydroxylation is 1. The van der Waals surface area contributed by atoms with Crippen molar-refractivity contribution in [1.82, 2.24) is 4.90 Å². The van der Waals surface area contributed by atoms with Crippen LogP contribution >= 0.6 is 27.3 Å². The molecule has 5 nitrogen and oxygen atoms in total. The highest BCUT2D eigenvalue weighted by atomic mass is 79.9. The average Bonchev–Trinajstić information content (AvgIpc) is 2.83. The van der Waals surface area contributed by atoms with Crippen molar-refractivity contribution in [2.75, 3.05) is 7.05 Å². The number of non-ortho nitro benzene ring substituents is 1. The molecule has 1 amide bonds. The maximum Gasteiger partial charge on any atom is 0.269 e. The fourth-order valence-corrected chi connectivity index (χ4v) is 3.18. The van der Waals surface area contributed by atoms with Gasteiger partial charge in [-0.05, 0) is 51.5 Å². The van der Waals surface area contributed by atoms with Gasteiger partial charge in [0.05, 0.1) is 8.71 Å². The molecule has 21 heavy (non-hydrogen) atoms. The molecule has 1 heterocycles. The second kappa shape index (κ2) is 6.36. The van der Waals surface area contributed by atoms with Crippen LogP contribution in [0.5, 0.6) is 0 Å². The summed E-state index contributed by atoms with van der Waals surface area (Å²) >= 11 is 4.95. The van der Waals surface area contributed by atoms with Crippen molar-refractivity contribution in [3.8, 4) is 0 Å². The second-order valence-corrected chi connectivity index (χ2v) is 6.97. The molecule has 0 spiro atoms. The third-order valence-corrected chi connectivity index (χ3v) is 4.59. The summed E-state index contributed by atoms with van der Waals surface area (Å²) in [6, 6.07) is 6.25. The van der Waals surface area contributed by atoms with E-state index in [4.69, 9.17) is 0 Å². The second-order valence-electron chi connectivity index (χ2n) is 4.68. The van der Waals surface area contributed by atoms with Gasteiger partial charge in [-0.2, -0.15) is 0 Å². The van der Waals surface area contributed by atoms with Crippen molar-refractivity contribution >= 4 is 38.9 Å². The first-order valence-corrected chi connectivity index (χ1v) is 7.79. The molecular weight excluding hydrogens is 356 g/mol. The minimum atomic E-state index is -0.464. The Kier molecular flexibility index (Phi) is 4.74. The number of hydrogen-bond donors (Lipinski definition) is 0. The largest absolute Gasteiger partial charge is 0.337 e. The molecule has 0 bridgehead atoms. The van der Waals surface area contributed by atoms with Crippen molar-refractivity contribution in [2.45, 2.75) is 13.5 Å². The van der Waals surface area contributed by atoms with E-state index in [0.717, 1.165) is 9.35 Å². The van der Waals surface area contributed by atoms with Gasteiger partial charge >= 0.3 is 0 Å². The fourth-order valence-electron chi connectivity index (χ4n) is 1.98. The van der Waals surface area contributed by atoms with E-state index in [2.05, 4.69) is 15.9 Å². The van der Waals surface area contributed by atoms with Crippen molar-refractivity contribution in [2.24, 2.45) is 0 Å². The first-order valence-electron chi connectivity index (χ1n) is 6.12. The molecular formula is C14H13BrN2O3S. The molecule has 0 fully saturated rings. The third kappa shape index (κ3) is 3.68. The standard InChI is InChI=1S/C14H13BrN2O3S/c1-9-5-11(17(19)20)3-4-12(9)14(18)16(2)7-10-6-13(15)21-8-10/h3-6,8H,7H2,1-2H3. The summed E-state index contributed by atoms with van der Waals surface area (Å²) in [5.74, 6) is -0.148. The Morgan fingerprint density at radius 3 is 2.67 bits per heavy atom. The molecule has 1 aromatic carbocycles. The van der Waals surface area contributed by atoms with Crippen LogP contribution in [0.25, 0.3) is 0 Å². The summed E-state index contributed by atoms with van der Waals surface area (Å²) in [6.07, 6.45) is 0. The van der Waals surface area contributed by atoms with Crippen LogP contribution in [0.2, 0.25) is 0 Å². The lowest BCUT2D eigenvalue weighted by Crippen LogP contribution is -2.26. The molecule has 7 heteroatoms. The third-order valence-electron chi connectivity index (χ3n) is 3.04. The predicted molar refractivity (Wildman–Crippen MR) is 85.6 cm³/mol. The van der Waals surface area contributed by atoms with Crippen LogP contribution in [-0.4, -0.2) is 22.8 Å². The quantitative estimate of drug-likeness (QED) is 0.605. The van der Waals surface area contributed by atoms with E-state index in [1.165, 1.54) is 18.2 Å². The molecule has 0 radical (unpaired) electrons. The van der Waals surface area contributed by atoms with Gasteiger partial charge in [-0.1, -0.05) is 0 Å². The first kappa shape index (κ1) is 15.7. The van der Waals surface area contributed by atoms with Gasteiger partial charge in [0.15, 0.2) is 0 Å². The normalized spacial score (nSPS) is 10.4. The summed E-state index contributed by atoms with van der Waals surface area (Å²) in [6.45, 7) is 2.20. The van der Waals surface area contributed by atoms with Gasteiger partial charge in [0.25, 0.3) is 11.6 Å². The number of nitro groups is 1. The Morgan fingerprint density at radius 1 is 1.43 bits per heavy atom. The van der Waals surface area contributed by atoms with Crippen molar-refractivity contribution in [3.63, 3.8) is 0 Å². The zero-order valence-corrected chi connectivity index (χ0v) is 13.9.